The van der Waals surface area contributed by atoms with Gasteiger partial charge in [0.05, 0.1) is 0 Å². The minimum atomic E-state index is -0.922. The third kappa shape index (κ3) is 5.58. The number of carbonyl (C=O) groups excluding carboxylic acids is 1. The van der Waals surface area contributed by atoms with Crippen molar-refractivity contribution in [1.29, 1.82) is 0 Å². The Hall–Kier alpha value is -1.84. The number of amides is 1. The first-order valence-electron chi connectivity index (χ1n) is 7.62. The van der Waals surface area contributed by atoms with Gasteiger partial charge in [-0.15, -0.1) is 0 Å². The maximum absolute atomic E-state index is 11.8. The van der Waals surface area contributed by atoms with Gasteiger partial charge in [-0.2, -0.15) is 0 Å². The molecule has 1 aromatic rings. The van der Waals surface area contributed by atoms with E-state index < -0.39 is 12.0 Å². The van der Waals surface area contributed by atoms with Crippen LogP contribution in [0.5, 0.6) is 0 Å². The molecule has 21 heavy (non-hydrogen) atoms. The molecule has 0 saturated heterocycles. The molecule has 0 aliphatic heterocycles. The summed E-state index contributed by atoms with van der Waals surface area (Å²) in [5.41, 5.74) is 2.43. The van der Waals surface area contributed by atoms with Crippen LogP contribution in [-0.2, 0) is 16.0 Å². The van der Waals surface area contributed by atoms with Crippen LogP contribution < -0.4 is 5.32 Å². The average Bonchev–Trinajstić information content (AvgIpc) is 3.24. The Kier molecular flexibility index (Phi) is 5.37. The summed E-state index contributed by atoms with van der Waals surface area (Å²) in [6.07, 6.45) is 4.71. The number of carboxylic acids is 1. The van der Waals surface area contributed by atoms with Crippen LogP contribution >= 0.6 is 0 Å². The van der Waals surface area contributed by atoms with Gasteiger partial charge in [-0.1, -0.05) is 42.7 Å². The highest BCUT2D eigenvalue weighted by Gasteiger charge is 2.29. The number of hydrogen-bond acceptors (Lipinski definition) is 2. The summed E-state index contributed by atoms with van der Waals surface area (Å²) >= 11 is 0. The third-order valence-corrected chi connectivity index (χ3v) is 3.89. The molecule has 4 heteroatoms. The molecule has 1 fully saturated rings. The molecule has 1 unspecified atom stereocenters. The third-order valence-electron chi connectivity index (χ3n) is 3.89. The molecule has 0 bridgehead atoms. The number of hydrogen-bond donors (Lipinski definition) is 2. The van der Waals surface area contributed by atoms with Crippen LogP contribution in [0.25, 0.3) is 0 Å². The smallest absolute Gasteiger partial charge is 0.326 e. The molecule has 0 aromatic heterocycles. The number of aryl methyl sites for hydroxylation is 2. The Bertz CT molecular complexity index is 491. The zero-order valence-electron chi connectivity index (χ0n) is 12.5. The fourth-order valence-electron chi connectivity index (χ4n) is 2.38. The Morgan fingerprint density at radius 2 is 1.95 bits per heavy atom. The fourth-order valence-corrected chi connectivity index (χ4v) is 2.38. The SMILES string of the molecule is Cc1ccc(CCCC(=O)NC(CC2CC2)C(=O)O)cc1. The van der Waals surface area contributed by atoms with Gasteiger partial charge in [0.2, 0.25) is 5.91 Å². The van der Waals surface area contributed by atoms with Crippen molar-refractivity contribution in [3.05, 3.63) is 35.4 Å². The molecule has 1 saturated carbocycles. The van der Waals surface area contributed by atoms with Crippen molar-refractivity contribution < 1.29 is 14.7 Å². The zero-order chi connectivity index (χ0) is 15.2. The Morgan fingerprint density at radius 3 is 2.52 bits per heavy atom. The first-order valence-corrected chi connectivity index (χ1v) is 7.62. The molecule has 2 N–H and O–H groups in total. The van der Waals surface area contributed by atoms with Gasteiger partial charge in [0, 0.05) is 6.42 Å². The second-order valence-corrected chi connectivity index (χ2v) is 5.98. The minimum absolute atomic E-state index is 0.157. The number of benzene rings is 1. The monoisotopic (exact) mass is 289 g/mol. The van der Waals surface area contributed by atoms with Crippen molar-refractivity contribution >= 4 is 11.9 Å². The second-order valence-electron chi connectivity index (χ2n) is 5.98. The van der Waals surface area contributed by atoms with Gasteiger partial charge in [0.25, 0.3) is 0 Å². The van der Waals surface area contributed by atoms with Gasteiger partial charge >= 0.3 is 5.97 Å². The summed E-state index contributed by atoms with van der Waals surface area (Å²) in [5.74, 6) is -0.595. The molecule has 0 heterocycles. The van der Waals surface area contributed by atoms with E-state index in [1.165, 1.54) is 11.1 Å². The molecule has 0 spiro atoms. The highest BCUT2D eigenvalue weighted by Crippen LogP contribution is 2.33. The summed E-state index contributed by atoms with van der Waals surface area (Å²) in [6.45, 7) is 2.04. The number of nitrogens with one attached hydrogen (secondary N) is 1. The standard InChI is InChI=1S/C17H23NO3/c1-12-5-7-13(8-6-12)3-2-4-16(19)18-15(17(20)21)11-14-9-10-14/h5-8,14-15H,2-4,9-11H2,1H3,(H,18,19)(H,20,21). The lowest BCUT2D eigenvalue weighted by Gasteiger charge is -2.14. The lowest BCUT2D eigenvalue weighted by atomic mass is 10.1. The predicted octanol–water partition coefficient (Wildman–Crippen LogP) is 2.69. The predicted molar refractivity (Wildman–Crippen MR) is 81.0 cm³/mol. The molecule has 1 atom stereocenters. The van der Waals surface area contributed by atoms with Gasteiger partial charge in [-0.25, -0.2) is 4.79 Å². The van der Waals surface area contributed by atoms with Gasteiger partial charge in [0.15, 0.2) is 0 Å². The van der Waals surface area contributed by atoms with Gasteiger partial charge in [0.1, 0.15) is 6.04 Å². The van der Waals surface area contributed by atoms with Gasteiger partial charge < -0.3 is 10.4 Å². The number of carbonyl (C=O) groups is 2. The molecule has 1 amide bonds. The topological polar surface area (TPSA) is 66.4 Å². The van der Waals surface area contributed by atoms with Crippen molar-refractivity contribution in [2.24, 2.45) is 5.92 Å². The maximum Gasteiger partial charge on any atom is 0.326 e. The van der Waals surface area contributed by atoms with Crippen LogP contribution in [-0.4, -0.2) is 23.0 Å². The molecular weight excluding hydrogens is 266 g/mol. The molecule has 2 rings (SSSR count). The number of rotatable bonds is 8. The van der Waals surface area contributed by atoms with Crippen LogP contribution in [0.3, 0.4) is 0 Å². The Balaban J connectivity index is 1.70. The molecular formula is C17H23NO3. The quantitative estimate of drug-likeness (QED) is 0.773. The largest absolute Gasteiger partial charge is 0.480 e. The van der Waals surface area contributed by atoms with E-state index in [0.717, 1.165) is 25.7 Å². The summed E-state index contributed by atoms with van der Waals surface area (Å²) < 4.78 is 0. The minimum Gasteiger partial charge on any atom is -0.480 e. The van der Waals surface area contributed by atoms with Crippen molar-refractivity contribution in [1.82, 2.24) is 5.32 Å². The lowest BCUT2D eigenvalue weighted by molar-refractivity contribution is -0.142. The first-order chi connectivity index (χ1) is 10.0. The van der Waals surface area contributed by atoms with Crippen LogP contribution in [0.15, 0.2) is 24.3 Å². The lowest BCUT2D eigenvalue weighted by Crippen LogP contribution is -2.41. The number of carboxylic acid groups (broad SMARTS) is 1. The van der Waals surface area contributed by atoms with Gasteiger partial charge in [-0.3, -0.25) is 4.79 Å². The summed E-state index contributed by atoms with van der Waals surface area (Å²) in [6, 6.07) is 7.54. The fraction of sp³-hybridized carbons (Fsp3) is 0.529. The highest BCUT2D eigenvalue weighted by molar-refractivity contribution is 5.83. The highest BCUT2D eigenvalue weighted by atomic mass is 16.4. The average molecular weight is 289 g/mol. The van der Waals surface area contributed by atoms with Crippen LogP contribution in [0, 0.1) is 12.8 Å². The van der Waals surface area contributed by atoms with E-state index in [2.05, 4.69) is 29.6 Å². The van der Waals surface area contributed by atoms with E-state index in [4.69, 9.17) is 5.11 Å². The van der Waals surface area contributed by atoms with E-state index in [9.17, 15) is 9.59 Å². The van der Waals surface area contributed by atoms with Crippen LogP contribution in [0.1, 0.15) is 43.2 Å². The summed E-state index contributed by atoms with van der Waals surface area (Å²) in [5, 5.41) is 11.8. The second kappa shape index (κ2) is 7.25. The summed E-state index contributed by atoms with van der Waals surface area (Å²) in [4.78, 5) is 22.9. The normalized spacial score (nSPS) is 15.5. The maximum atomic E-state index is 11.8. The van der Waals surface area contributed by atoms with E-state index >= 15 is 0 Å². The van der Waals surface area contributed by atoms with Crippen molar-refractivity contribution in [3.8, 4) is 0 Å². The van der Waals surface area contributed by atoms with Crippen LogP contribution in [0.2, 0.25) is 0 Å². The zero-order valence-corrected chi connectivity index (χ0v) is 12.5. The summed E-state index contributed by atoms with van der Waals surface area (Å²) in [7, 11) is 0. The molecule has 4 nitrogen and oxygen atoms in total. The van der Waals surface area contributed by atoms with Crippen molar-refractivity contribution in [2.45, 2.75) is 51.5 Å². The van der Waals surface area contributed by atoms with Crippen LogP contribution in [0.4, 0.5) is 0 Å². The van der Waals surface area contributed by atoms with E-state index in [1.807, 2.05) is 6.92 Å². The molecule has 1 aromatic carbocycles. The van der Waals surface area contributed by atoms with E-state index in [0.29, 0.717) is 18.8 Å². The first kappa shape index (κ1) is 15.5. The molecule has 114 valence electrons. The van der Waals surface area contributed by atoms with Crippen molar-refractivity contribution in [2.75, 3.05) is 0 Å². The Morgan fingerprint density at radius 1 is 1.29 bits per heavy atom. The van der Waals surface area contributed by atoms with Crippen molar-refractivity contribution in [3.63, 3.8) is 0 Å². The molecule has 1 aliphatic carbocycles. The van der Waals surface area contributed by atoms with E-state index in [-0.39, 0.29) is 5.91 Å². The molecule has 0 radical (unpaired) electrons. The van der Waals surface area contributed by atoms with Gasteiger partial charge in [-0.05, 0) is 37.7 Å². The van der Waals surface area contributed by atoms with E-state index in [1.54, 1.807) is 0 Å². The Labute approximate surface area is 125 Å². The molecule has 1 aliphatic rings. The number of aliphatic carboxylic acids is 1.